The Hall–Kier alpha value is -0.850. The van der Waals surface area contributed by atoms with E-state index in [1.807, 2.05) is 13.0 Å². The van der Waals surface area contributed by atoms with Crippen molar-refractivity contribution in [1.82, 2.24) is 0 Å². The van der Waals surface area contributed by atoms with Crippen LogP contribution in [0.15, 0.2) is 11.6 Å². The lowest BCUT2D eigenvalue weighted by Gasteiger charge is -2.48. The molecule has 1 heterocycles. The fourth-order valence-electron chi connectivity index (χ4n) is 4.64. The van der Waals surface area contributed by atoms with E-state index in [0.29, 0.717) is 17.8 Å². The van der Waals surface area contributed by atoms with Gasteiger partial charge >= 0.3 is 0 Å². The van der Waals surface area contributed by atoms with E-state index >= 15 is 0 Å². The van der Waals surface area contributed by atoms with Crippen LogP contribution in [0.5, 0.6) is 0 Å². The van der Waals surface area contributed by atoms with E-state index < -0.39 is 11.5 Å². The maximum atomic E-state index is 10.1. The minimum absolute atomic E-state index is 0.0561. The van der Waals surface area contributed by atoms with Gasteiger partial charge in [-0.15, -0.1) is 0 Å². The molecule has 0 amide bonds. The molecule has 0 aromatic heterocycles. The second-order valence-corrected chi connectivity index (χ2v) is 6.98. The highest BCUT2D eigenvalue weighted by molar-refractivity contribution is 5.35. The molecular formula is C16H23NO2. The predicted octanol–water partition coefficient (Wildman–Crippen LogP) is 2.51. The highest BCUT2D eigenvalue weighted by atomic mass is 16.5. The van der Waals surface area contributed by atoms with E-state index in [1.165, 1.54) is 0 Å². The Bertz CT molecular complexity index is 452. The third-order valence-electron chi connectivity index (χ3n) is 5.55. The van der Waals surface area contributed by atoms with Crippen molar-refractivity contribution in [2.45, 2.75) is 45.8 Å². The van der Waals surface area contributed by atoms with Gasteiger partial charge in [0.2, 0.25) is 0 Å². The van der Waals surface area contributed by atoms with Gasteiger partial charge in [0, 0.05) is 0 Å². The first-order chi connectivity index (χ1) is 8.98. The zero-order valence-corrected chi connectivity index (χ0v) is 12.0. The number of hydrogen-bond acceptors (Lipinski definition) is 3. The third kappa shape index (κ3) is 1.77. The molecule has 104 valence electrons. The number of rotatable bonds is 0. The van der Waals surface area contributed by atoms with Crippen LogP contribution in [-0.2, 0) is 4.74 Å². The summed E-state index contributed by atoms with van der Waals surface area (Å²) in [5, 5.41) is 19.9. The molecule has 0 aromatic carbocycles. The van der Waals surface area contributed by atoms with E-state index in [9.17, 15) is 10.4 Å². The van der Waals surface area contributed by atoms with E-state index in [4.69, 9.17) is 4.74 Å². The van der Waals surface area contributed by atoms with Crippen molar-refractivity contribution < 1.29 is 9.84 Å². The quantitative estimate of drug-likeness (QED) is 0.682. The van der Waals surface area contributed by atoms with Gasteiger partial charge in [0.25, 0.3) is 0 Å². The SMILES string of the molecule is C[C@@H]1CO[C@H]2C3=C[C@@H](O)[C@H](C)C[C@@]3(C#N)C[C@H](C)[C@@H]12. The summed E-state index contributed by atoms with van der Waals surface area (Å²) >= 11 is 0. The summed E-state index contributed by atoms with van der Waals surface area (Å²) in [6.45, 7) is 7.31. The van der Waals surface area contributed by atoms with Gasteiger partial charge in [-0.2, -0.15) is 5.26 Å². The molecule has 0 radical (unpaired) electrons. The van der Waals surface area contributed by atoms with Crippen LogP contribution in [0.3, 0.4) is 0 Å². The first-order valence-electron chi connectivity index (χ1n) is 7.41. The summed E-state index contributed by atoms with van der Waals surface area (Å²) < 4.78 is 5.99. The number of aliphatic hydroxyl groups excluding tert-OH is 1. The van der Waals surface area contributed by atoms with E-state index in [1.54, 1.807) is 0 Å². The van der Waals surface area contributed by atoms with Crippen LogP contribution in [0.4, 0.5) is 0 Å². The monoisotopic (exact) mass is 261 g/mol. The van der Waals surface area contributed by atoms with Gasteiger partial charge in [0.15, 0.2) is 0 Å². The van der Waals surface area contributed by atoms with Crippen LogP contribution in [0.25, 0.3) is 0 Å². The van der Waals surface area contributed by atoms with Crippen molar-refractivity contribution in [3.63, 3.8) is 0 Å². The lowest BCUT2D eigenvalue weighted by molar-refractivity contribution is 0.0260. The van der Waals surface area contributed by atoms with Crippen molar-refractivity contribution in [2.75, 3.05) is 6.61 Å². The van der Waals surface area contributed by atoms with E-state index in [2.05, 4.69) is 19.9 Å². The standard InChI is InChI=1S/C16H23NO2/c1-9-5-16(8-17)6-10(2)14-11(3)7-19-15(14)12(16)4-13(9)18/h4,9-11,13-15,18H,5-7H2,1-3H3/t9-,10+,11-,13-,14+,15+,16+/m1/s1. The molecule has 1 aliphatic heterocycles. The lowest BCUT2D eigenvalue weighted by Crippen LogP contribution is -2.47. The van der Waals surface area contributed by atoms with Gasteiger partial charge in [-0.1, -0.05) is 26.8 Å². The summed E-state index contributed by atoms with van der Waals surface area (Å²) in [5.41, 5.74) is 0.677. The predicted molar refractivity (Wildman–Crippen MR) is 72.1 cm³/mol. The molecule has 3 nitrogen and oxygen atoms in total. The zero-order valence-electron chi connectivity index (χ0n) is 12.0. The van der Waals surface area contributed by atoms with Gasteiger partial charge < -0.3 is 9.84 Å². The highest BCUT2D eigenvalue weighted by Crippen LogP contribution is 2.56. The number of aliphatic hydroxyl groups is 1. The fourth-order valence-corrected chi connectivity index (χ4v) is 4.64. The molecule has 1 saturated heterocycles. The van der Waals surface area contributed by atoms with Crippen molar-refractivity contribution in [2.24, 2.45) is 29.1 Å². The van der Waals surface area contributed by atoms with Crippen molar-refractivity contribution in [3.05, 3.63) is 11.6 Å². The molecule has 19 heavy (non-hydrogen) atoms. The van der Waals surface area contributed by atoms with Gasteiger partial charge in [0.1, 0.15) is 0 Å². The summed E-state index contributed by atoms with van der Waals surface area (Å²) in [4.78, 5) is 0. The van der Waals surface area contributed by atoms with Gasteiger partial charge in [-0.05, 0) is 42.1 Å². The molecule has 1 N–H and O–H groups in total. The molecule has 0 unspecified atom stereocenters. The average Bonchev–Trinajstić information content (AvgIpc) is 2.75. The molecule has 3 heteroatoms. The normalized spacial score (nSPS) is 52.9. The molecule has 1 saturated carbocycles. The van der Waals surface area contributed by atoms with Crippen LogP contribution in [0, 0.1) is 40.4 Å². The first-order valence-corrected chi connectivity index (χ1v) is 7.41. The molecule has 3 aliphatic rings. The first kappa shape index (κ1) is 13.1. The summed E-state index contributed by atoms with van der Waals surface area (Å²) in [7, 11) is 0. The van der Waals surface area contributed by atoms with Crippen molar-refractivity contribution >= 4 is 0 Å². The van der Waals surface area contributed by atoms with Gasteiger partial charge in [-0.25, -0.2) is 0 Å². The molecule has 3 rings (SSSR count). The topological polar surface area (TPSA) is 53.2 Å². The minimum atomic E-state index is -0.426. The second-order valence-electron chi connectivity index (χ2n) is 6.98. The van der Waals surface area contributed by atoms with Gasteiger partial charge in [0.05, 0.1) is 30.3 Å². The van der Waals surface area contributed by atoms with Crippen molar-refractivity contribution in [1.29, 1.82) is 5.26 Å². The molecule has 0 spiro atoms. The minimum Gasteiger partial charge on any atom is -0.389 e. The number of fused-ring (bicyclic) bond motifs is 3. The number of nitrogens with zero attached hydrogens (tertiary/aromatic N) is 1. The summed E-state index contributed by atoms with van der Waals surface area (Å²) in [6.07, 6.45) is 3.24. The van der Waals surface area contributed by atoms with Crippen LogP contribution in [-0.4, -0.2) is 23.9 Å². The largest absolute Gasteiger partial charge is 0.389 e. The molecule has 2 fully saturated rings. The molecule has 2 aliphatic carbocycles. The Kier molecular flexibility index (Phi) is 2.99. The molecule has 0 aromatic rings. The maximum absolute atomic E-state index is 10.1. The second kappa shape index (κ2) is 4.33. The number of ether oxygens (including phenoxy) is 1. The van der Waals surface area contributed by atoms with Crippen LogP contribution < -0.4 is 0 Å². The van der Waals surface area contributed by atoms with Gasteiger partial charge in [-0.3, -0.25) is 0 Å². The molecule has 0 bridgehead atoms. The summed E-state index contributed by atoms with van der Waals surface area (Å²) in [5.74, 6) is 1.73. The van der Waals surface area contributed by atoms with E-state index in [-0.39, 0.29) is 12.0 Å². The Balaban J connectivity index is 2.05. The lowest BCUT2D eigenvalue weighted by atomic mass is 9.55. The van der Waals surface area contributed by atoms with Crippen LogP contribution in [0.1, 0.15) is 33.6 Å². The Morgan fingerprint density at radius 3 is 2.63 bits per heavy atom. The Morgan fingerprint density at radius 1 is 1.26 bits per heavy atom. The fraction of sp³-hybridized carbons (Fsp3) is 0.812. The number of nitriles is 1. The maximum Gasteiger partial charge on any atom is 0.0835 e. The smallest absolute Gasteiger partial charge is 0.0835 e. The van der Waals surface area contributed by atoms with Crippen LogP contribution >= 0.6 is 0 Å². The molecular weight excluding hydrogens is 238 g/mol. The van der Waals surface area contributed by atoms with E-state index in [0.717, 1.165) is 25.0 Å². The van der Waals surface area contributed by atoms with Crippen LogP contribution in [0.2, 0.25) is 0 Å². The summed E-state index contributed by atoms with van der Waals surface area (Å²) in [6, 6.07) is 2.57. The third-order valence-corrected chi connectivity index (χ3v) is 5.55. The van der Waals surface area contributed by atoms with Crippen molar-refractivity contribution in [3.8, 4) is 6.07 Å². The zero-order chi connectivity index (χ0) is 13.8. The Labute approximate surface area is 115 Å². The Morgan fingerprint density at radius 2 is 1.95 bits per heavy atom. The number of hydrogen-bond donors (Lipinski definition) is 1. The highest BCUT2D eigenvalue weighted by Gasteiger charge is 2.55. The average molecular weight is 261 g/mol. The molecule has 7 atom stereocenters.